The van der Waals surface area contributed by atoms with Crippen molar-refractivity contribution in [2.75, 3.05) is 19.1 Å². The van der Waals surface area contributed by atoms with Crippen LogP contribution in [0.5, 0.6) is 0 Å². The lowest BCUT2D eigenvalue weighted by Gasteiger charge is -2.17. The predicted octanol–water partition coefficient (Wildman–Crippen LogP) is 2.47. The van der Waals surface area contributed by atoms with Crippen LogP contribution in [-0.2, 0) is 16.1 Å². The molecule has 1 unspecified atom stereocenters. The first-order chi connectivity index (χ1) is 14.5. The fourth-order valence-electron chi connectivity index (χ4n) is 3.17. The topological polar surface area (TPSA) is 90.3 Å². The van der Waals surface area contributed by atoms with Gasteiger partial charge in [-0.1, -0.05) is 24.3 Å². The third-order valence-electron chi connectivity index (χ3n) is 4.70. The van der Waals surface area contributed by atoms with E-state index in [0.717, 1.165) is 0 Å². The molecule has 0 aliphatic rings. The summed E-state index contributed by atoms with van der Waals surface area (Å²) < 4.78 is 6.30. The molecule has 1 aromatic carbocycles. The SMILES string of the molecule is COC(=O)C(CCSC)NC(=O)c1cn(Cc2ccccn2)c(=O)c2ccccc12. The number of rotatable bonds is 8. The van der Waals surface area contributed by atoms with Crippen molar-refractivity contribution in [3.8, 4) is 0 Å². The van der Waals surface area contributed by atoms with Gasteiger partial charge >= 0.3 is 5.97 Å². The van der Waals surface area contributed by atoms with Gasteiger partial charge in [0.2, 0.25) is 0 Å². The molecule has 0 fully saturated rings. The first-order valence-corrected chi connectivity index (χ1v) is 10.8. The van der Waals surface area contributed by atoms with Crippen molar-refractivity contribution in [1.29, 1.82) is 0 Å². The molecular weight excluding hydrogens is 402 g/mol. The first-order valence-electron chi connectivity index (χ1n) is 9.45. The van der Waals surface area contributed by atoms with Gasteiger partial charge in [-0.2, -0.15) is 11.8 Å². The van der Waals surface area contributed by atoms with E-state index in [1.165, 1.54) is 17.9 Å². The van der Waals surface area contributed by atoms with Crippen LogP contribution in [0.1, 0.15) is 22.5 Å². The van der Waals surface area contributed by atoms with E-state index >= 15 is 0 Å². The average Bonchev–Trinajstić information content (AvgIpc) is 2.78. The number of amides is 1. The van der Waals surface area contributed by atoms with Crippen LogP contribution >= 0.6 is 11.8 Å². The molecule has 1 atom stereocenters. The molecule has 0 saturated carbocycles. The highest BCUT2D eigenvalue weighted by molar-refractivity contribution is 7.98. The van der Waals surface area contributed by atoms with E-state index in [9.17, 15) is 14.4 Å². The maximum Gasteiger partial charge on any atom is 0.328 e. The Balaban J connectivity index is 2.01. The van der Waals surface area contributed by atoms with Gasteiger partial charge in [-0.3, -0.25) is 14.6 Å². The summed E-state index contributed by atoms with van der Waals surface area (Å²) in [6.07, 6.45) is 5.56. The number of thioether (sulfide) groups is 1. The molecule has 0 aliphatic carbocycles. The molecule has 0 saturated heterocycles. The molecule has 0 aliphatic heterocycles. The molecule has 30 heavy (non-hydrogen) atoms. The van der Waals surface area contributed by atoms with Crippen LogP contribution in [-0.4, -0.2) is 46.6 Å². The maximum atomic E-state index is 13.1. The number of aromatic nitrogens is 2. The van der Waals surface area contributed by atoms with Crippen molar-refractivity contribution < 1.29 is 14.3 Å². The highest BCUT2D eigenvalue weighted by atomic mass is 32.2. The number of carbonyl (C=O) groups excluding carboxylic acids is 2. The number of benzene rings is 1. The minimum absolute atomic E-state index is 0.209. The van der Waals surface area contributed by atoms with E-state index in [0.29, 0.717) is 34.2 Å². The van der Waals surface area contributed by atoms with Crippen molar-refractivity contribution >= 4 is 34.4 Å². The van der Waals surface area contributed by atoms with Gasteiger partial charge in [0, 0.05) is 23.2 Å². The second-order valence-corrected chi connectivity index (χ2v) is 7.66. The van der Waals surface area contributed by atoms with Gasteiger partial charge in [-0.25, -0.2) is 4.79 Å². The number of carbonyl (C=O) groups is 2. The number of ether oxygens (including phenoxy) is 1. The van der Waals surface area contributed by atoms with Gasteiger partial charge < -0.3 is 14.6 Å². The molecule has 7 nitrogen and oxygen atoms in total. The Bertz CT molecular complexity index is 1100. The highest BCUT2D eigenvalue weighted by Crippen LogP contribution is 2.17. The number of hydrogen-bond donors (Lipinski definition) is 1. The van der Waals surface area contributed by atoms with E-state index in [1.807, 2.05) is 18.4 Å². The fraction of sp³-hybridized carbons (Fsp3) is 0.273. The van der Waals surface area contributed by atoms with Crippen LogP contribution in [0.15, 0.2) is 59.7 Å². The van der Waals surface area contributed by atoms with Crippen molar-refractivity contribution in [2.45, 2.75) is 19.0 Å². The molecule has 8 heteroatoms. The molecule has 3 rings (SSSR count). The Morgan fingerprint density at radius 3 is 2.57 bits per heavy atom. The lowest BCUT2D eigenvalue weighted by Crippen LogP contribution is -2.42. The molecule has 156 valence electrons. The van der Waals surface area contributed by atoms with Crippen LogP contribution < -0.4 is 10.9 Å². The van der Waals surface area contributed by atoms with Crippen molar-refractivity contribution in [2.24, 2.45) is 0 Å². The molecule has 2 aromatic heterocycles. The summed E-state index contributed by atoms with van der Waals surface area (Å²) in [7, 11) is 1.29. The third kappa shape index (κ3) is 4.88. The monoisotopic (exact) mass is 425 g/mol. The quantitative estimate of drug-likeness (QED) is 0.558. The molecule has 3 aromatic rings. The lowest BCUT2D eigenvalue weighted by molar-refractivity contribution is -0.142. The molecule has 0 radical (unpaired) electrons. The number of nitrogens with one attached hydrogen (secondary N) is 1. The number of methoxy groups -OCH3 is 1. The summed E-state index contributed by atoms with van der Waals surface area (Å²) in [5, 5.41) is 3.73. The summed E-state index contributed by atoms with van der Waals surface area (Å²) in [6, 6.07) is 11.6. The van der Waals surface area contributed by atoms with E-state index in [4.69, 9.17) is 4.74 Å². The number of hydrogen-bond acceptors (Lipinski definition) is 6. The van der Waals surface area contributed by atoms with Gasteiger partial charge in [-0.15, -0.1) is 0 Å². The Kier molecular flexibility index (Phi) is 7.24. The van der Waals surface area contributed by atoms with Crippen molar-refractivity contribution in [1.82, 2.24) is 14.9 Å². The Labute approximate surface area is 178 Å². The minimum atomic E-state index is -0.759. The zero-order chi connectivity index (χ0) is 21.5. The average molecular weight is 426 g/mol. The van der Waals surface area contributed by atoms with Crippen LogP contribution in [0.2, 0.25) is 0 Å². The lowest BCUT2D eigenvalue weighted by atomic mass is 10.1. The van der Waals surface area contributed by atoms with Gasteiger partial charge in [0.1, 0.15) is 6.04 Å². The smallest absolute Gasteiger partial charge is 0.328 e. The maximum absolute atomic E-state index is 13.1. The van der Waals surface area contributed by atoms with Crippen LogP contribution in [0.4, 0.5) is 0 Å². The second-order valence-electron chi connectivity index (χ2n) is 6.67. The van der Waals surface area contributed by atoms with Crippen LogP contribution in [0, 0.1) is 0 Å². The van der Waals surface area contributed by atoms with E-state index in [2.05, 4.69) is 10.3 Å². The molecular formula is C22H23N3O4S. The number of esters is 1. The summed E-state index contributed by atoms with van der Waals surface area (Å²) in [4.78, 5) is 42.4. The summed E-state index contributed by atoms with van der Waals surface area (Å²) in [5.74, 6) is -0.235. The second kappa shape index (κ2) is 10.1. The van der Waals surface area contributed by atoms with Crippen molar-refractivity contribution in [3.63, 3.8) is 0 Å². The minimum Gasteiger partial charge on any atom is -0.467 e. The molecule has 1 amide bonds. The molecule has 0 bridgehead atoms. The zero-order valence-electron chi connectivity index (χ0n) is 16.8. The summed E-state index contributed by atoms with van der Waals surface area (Å²) in [6.45, 7) is 0.234. The zero-order valence-corrected chi connectivity index (χ0v) is 17.6. The van der Waals surface area contributed by atoms with Crippen molar-refractivity contribution in [3.05, 3.63) is 76.5 Å². The van der Waals surface area contributed by atoms with Crippen LogP contribution in [0.25, 0.3) is 10.8 Å². The van der Waals surface area contributed by atoms with Crippen LogP contribution in [0.3, 0.4) is 0 Å². The number of pyridine rings is 2. The third-order valence-corrected chi connectivity index (χ3v) is 5.34. The largest absolute Gasteiger partial charge is 0.467 e. The Hall–Kier alpha value is -3.13. The fourth-order valence-corrected chi connectivity index (χ4v) is 3.64. The van der Waals surface area contributed by atoms with Gasteiger partial charge in [0.25, 0.3) is 11.5 Å². The van der Waals surface area contributed by atoms with Gasteiger partial charge in [-0.05, 0) is 36.6 Å². The molecule has 0 spiro atoms. The number of fused-ring (bicyclic) bond motifs is 1. The van der Waals surface area contributed by atoms with E-state index in [-0.39, 0.29) is 12.1 Å². The molecule has 2 heterocycles. The normalized spacial score (nSPS) is 11.8. The number of nitrogens with zero attached hydrogens (tertiary/aromatic N) is 2. The highest BCUT2D eigenvalue weighted by Gasteiger charge is 2.23. The summed E-state index contributed by atoms with van der Waals surface area (Å²) >= 11 is 1.58. The van der Waals surface area contributed by atoms with Gasteiger partial charge in [0.15, 0.2) is 0 Å². The standard InChI is InChI=1S/C22H23N3O4S/c1-29-22(28)19(10-12-30-2)24-20(26)18-14-25(13-15-7-5-6-11-23-15)21(27)17-9-4-3-8-16(17)18/h3-9,11,14,19H,10,12-13H2,1-2H3,(H,24,26). The van der Waals surface area contributed by atoms with E-state index in [1.54, 1.807) is 48.3 Å². The van der Waals surface area contributed by atoms with E-state index < -0.39 is 17.9 Å². The predicted molar refractivity (Wildman–Crippen MR) is 118 cm³/mol. The molecule has 1 N–H and O–H groups in total. The van der Waals surface area contributed by atoms with Gasteiger partial charge in [0.05, 0.1) is 24.9 Å². The Morgan fingerprint density at radius 1 is 1.17 bits per heavy atom. The summed E-state index contributed by atoms with van der Waals surface area (Å²) in [5.41, 5.74) is 0.813. The Morgan fingerprint density at radius 2 is 1.90 bits per heavy atom. The first kappa shape index (κ1) is 21.6.